The molecule has 0 bridgehead atoms. The fourth-order valence-electron chi connectivity index (χ4n) is 3.08. The van der Waals surface area contributed by atoms with Crippen molar-refractivity contribution in [3.8, 4) is 11.5 Å². The van der Waals surface area contributed by atoms with E-state index in [0.29, 0.717) is 19.7 Å². The second-order valence-electron chi connectivity index (χ2n) is 6.92. The van der Waals surface area contributed by atoms with Crippen molar-refractivity contribution in [3.63, 3.8) is 0 Å². The molecule has 0 saturated carbocycles. The highest BCUT2D eigenvalue weighted by Crippen LogP contribution is 2.18. The number of benzene rings is 2. The lowest BCUT2D eigenvalue weighted by Crippen LogP contribution is -2.31. The number of furan rings is 1. The highest BCUT2D eigenvalue weighted by atomic mass is 16.5. The van der Waals surface area contributed by atoms with Crippen LogP contribution in [0.5, 0.6) is 11.5 Å². The Balaban J connectivity index is 1.62. The van der Waals surface area contributed by atoms with Gasteiger partial charge in [0.15, 0.2) is 0 Å². The summed E-state index contributed by atoms with van der Waals surface area (Å²) in [6.45, 7) is 5.17. The number of hydrogen-bond acceptors (Lipinski definition) is 4. The highest BCUT2D eigenvalue weighted by molar-refractivity contribution is 5.76. The first-order chi connectivity index (χ1) is 13.5. The molecule has 0 saturated heterocycles. The van der Waals surface area contributed by atoms with Crippen LogP contribution < -0.4 is 4.74 Å². The molecule has 0 aliphatic carbocycles. The van der Waals surface area contributed by atoms with Crippen LogP contribution in [0.1, 0.15) is 28.9 Å². The zero-order valence-corrected chi connectivity index (χ0v) is 16.2. The molecule has 146 valence electrons. The van der Waals surface area contributed by atoms with Gasteiger partial charge in [-0.2, -0.15) is 0 Å². The van der Waals surface area contributed by atoms with Crippen LogP contribution in [0.2, 0.25) is 0 Å². The van der Waals surface area contributed by atoms with Gasteiger partial charge in [-0.15, -0.1) is 0 Å². The Bertz CT molecular complexity index is 881. The van der Waals surface area contributed by atoms with Gasteiger partial charge in [0.2, 0.25) is 5.91 Å². The van der Waals surface area contributed by atoms with Crippen molar-refractivity contribution >= 4 is 5.91 Å². The normalized spacial score (nSPS) is 10.6. The highest BCUT2D eigenvalue weighted by Gasteiger charge is 2.16. The third-order valence-electron chi connectivity index (χ3n) is 4.37. The molecule has 0 fully saturated rings. The lowest BCUT2D eigenvalue weighted by atomic mass is 10.1. The lowest BCUT2D eigenvalue weighted by Gasteiger charge is -2.22. The number of aromatic hydroxyl groups is 1. The van der Waals surface area contributed by atoms with Gasteiger partial charge in [-0.05, 0) is 66.9 Å². The van der Waals surface area contributed by atoms with Crippen LogP contribution in [0.15, 0.2) is 65.3 Å². The molecule has 1 amide bonds. The van der Waals surface area contributed by atoms with E-state index in [0.717, 1.165) is 28.2 Å². The van der Waals surface area contributed by atoms with Crippen molar-refractivity contribution in [2.75, 3.05) is 6.61 Å². The smallest absolute Gasteiger partial charge is 0.226 e. The van der Waals surface area contributed by atoms with Crippen LogP contribution in [-0.2, 0) is 17.9 Å². The van der Waals surface area contributed by atoms with E-state index in [-0.39, 0.29) is 18.1 Å². The maximum Gasteiger partial charge on any atom is 0.226 e. The minimum Gasteiger partial charge on any atom is -0.508 e. The van der Waals surface area contributed by atoms with E-state index in [1.807, 2.05) is 50.2 Å². The molecule has 0 aliphatic heterocycles. The molecule has 5 heteroatoms. The van der Waals surface area contributed by atoms with Gasteiger partial charge in [0, 0.05) is 6.54 Å². The summed E-state index contributed by atoms with van der Waals surface area (Å²) in [6.07, 6.45) is 1.87. The van der Waals surface area contributed by atoms with Crippen LogP contribution in [0.3, 0.4) is 0 Å². The van der Waals surface area contributed by atoms with Crippen LogP contribution in [0, 0.1) is 13.8 Å². The zero-order chi connectivity index (χ0) is 19.9. The quantitative estimate of drug-likeness (QED) is 0.621. The Morgan fingerprint density at radius 1 is 1.04 bits per heavy atom. The summed E-state index contributed by atoms with van der Waals surface area (Å²) in [6, 6.07) is 16.5. The van der Waals surface area contributed by atoms with Gasteiger partial charge in [-0.1, -0.05) is 18.2 Å². The first-order valence-electron chi connectivity index (χ1n) is 9.29. The van der Waals surface area contributed by atoms with Crippen molar-refractivity contribution < 1.29 is 19.1 Å². The molecule has 2 aromatic carbocycles. The SMILES string of the molecule is Cc1cc(C)cc(OCCC(=O)N(Cc2ccc(O)cc2)Cc2ccco2)c1. The number of rotatable bonds is 8. The van der Waals surface area contributed by atoms with Gasteiger partial charge >= 0.3 is 0 Å². The molecular formula is C23H25NO4. The number of aryl methyl sites for hydroxylation is 2. The monoisotopic (exact) mass is 379 g/mol. The molecule has 1 N–H and O–H groups in total. The van der Waals surface area contributed by atoms with E-state index >= 15 is 0 Å². The standard InChI is InChI=1S/C23H25NO4/c1-17-12-18(2)14-22(13-17)28-11-9-23(26)24(16-21-4-3-10-27-21)15-19-5-7-20(25)8-6-19/h3-8,10,12-14,25H,9,11,15-16H2,1-2H3. The van der Waals surface area contributed by atoms with Gasteiger partial charge in [0.05, 0.1) is 25.8 Å². The van der Waals surface area contributed by atoms with Crippen LogP contribution in [0.4, 0.5) is 0 Å². The van der Waals surface area contributed by atoms with Crippen LogP contribution in [0.25, 0.3) is 0 Å². The number of ether oxygens (including phenoxy) is 1. The van der Waals surface area contributed by atoms with Crippen LogP contribution >= 0.6 is 0 Å². The van der Waals surface area contributed by atoms with E-state index in [4.69, 9.17) is 9.15 Å². The predicted octanol–water partition coefficient (Wildman–Crippen LogP) is 4.60. The summed E-state index contributed by atoms with van der Waals surface area (Å²) < 4.78 is 11.2. The molecule has 0 unspecified atom stereocenters. The molecule has 0 aliphatic rings. The van der Waals surface area contributed by atoms with Gasteiger partial charge < -0.3 is 19.2 Å². The topological polar surface area (TPSA) is 62.9 Å². The van der Waals surface area contributed by atoms with Crippen molar-refractivity contribution in [2.24, 2.45) is 0 Å². The van der Waals surface area contributed by atoms with Gasteiger partial charge in [0.1, 0.15) is 17.3 Å². The fraction of sp³-hybridized carbons (Fsp3) is 0.261. The molecule has 5 nitrogen and oxygen atoms in total. The molecule has 0 atom stereocenters. The second-order valence-corrected chi connectivity index (χ2v) is 6.92. The summed E-state index contributed by atoms with van der Waals surface area (Å²) in [5.41, 5.74) is 3.20. The van der Waals surface area contributed by atoms with Crippen molar-refractivity contribution in [1.29, 1.82) is 0 Å². The molecular weight excluding hydrogens is 354 g/mol. The summed E-state index contributed by atoms with van der Waals surface area (Å²) in [4.78, 5) is 14.6. The summed E-state index contributed by atoms with van der Waals surface area (Å²) >= 11 is 0. The molecule has 3 aromatic rings. The summed E-state index contributed by atoms with van der Waals surface area (Å²) in [5.74, 6) is 1.69. The maximum absolute atomic E-state index is 12.8. The van der Waals surface area contributed by atoms with Crippen molar-refractivity contribution in [2.45, 2.75) is 33.4 Å². The minimum atomic E-state index is -0.0196. The predicted molar refractivity (Wildman–Crippen MR) is 107 cm³/mol. The van der Waals surface area contributed by atoms with E-state index in [1.54, 1.807) is 23.3 Å². The Morgan fingerprint density at radius 3 is 2.39 bits per heavy atom. The van der Waals surface area contributed by atoms with E-state index in [1.165, 1.54) is 0 Å². The Morgan fingerprint density at radius 2 is 1.75 bits per heavy atom. The largest absolute Gasteiger partial charge is 0.508 e. The third-order valence-corrected chi connectivity index (χ3v) is 4.37. The number of carbonyl (C=O) groups is 1. The fourth-order valence-corrected chi connectivity index (χ4v) is 3.08. The Kier molecular flexibility index (Phi) is 6.37. The van der Waals surface area contributed by atoms with Crippen LogP contribution in [-0.4, -0.2) is 22.5 Å². The van der Waals surface area contributed by atoms with E-state index in [2.05, 4.69) is 6.07 Å². The number of hydrogen-bond donors (Lipinski definition) is 1. The minimum absolute atomic E-state index is 0.0196. The lowest BCUT2D eigenvalue weighted by molar-refractivity contribution is -0.133. The van der Waals surface area contributed by atoms with Gasteiger partial charge in [0.25, 0.3) is 0 Å². The molecule has 28 heavy (non-hydrogen) atoms. The third kappa shape index (κ3) is 5.64. The van der Waals surface area contributed by atoms with E-state index < -0.39 is 0 Å². The Hall–Kier alpha value is -3.21. The molecule has 0 spiro atoms. The molecule has 1 heterocycles. The average Bonchev–Trinajstić information content (AvgIpc) is 3.15. The molecule has 1 aromatic heterocycles. The first-order valence-corrected chi connectivity index (χ1v) is 9.29. The zero-order valence-electron chi connectivity index (χ0n) is 16.2. The number of carbonyl (C=O) groups excluding carboxylic acids is 1. The molecule has 3 rings (SSSR count). The number of phenolic OH excluding ortho intramolecular Hbond substituents is 1. The summed E-state index contributed by atoms with van der Waals surface area (Å²) in [5, 5.41) is 9.46. The van der Waals surface area contributed by atoms with E-state index in [9.17, 15) is 9.90 Å². The first kappa shape index (κ1) is 19.5. The van der Waals surface area contributed by atoms with Gasteiger partial charge in [-0.3, -0.25) is 4.79 Å². The number of nitrogens with zero attached hydrogens (tertiary/aromatic N) is 1. The Labute approximate surface area is 165 Å². The van der Waals surface area contributed by atoms with Crippen molar-refractivity contribution in [3.05, 3.63) is 83.3 Å². The summed E-state index contributed by atoms with van der Waals surface area (Å²) in [7, 11) is 0. The van der Waals surface area contributed by atoms with Gasteiger partial charge in [-0.25, -0.2) is 0 Å². The second kappa shape index (κ2) is 9.13. The number of phenols is 1. The number of amides is 1. The molecule has 0 radical (unpaired) electrons. The maximum atomic E-state index is 12.8. The van der Waals surface area contributed by atoms with Crippen molar-refractivity contribution in [1.82, 2.24) is 4.90 Å². The average molecular weight is 379 g/mol.